The van der Waals surface area contributed by atoms with Crippen LogP contribution in [-0.2, 0) is 0 Å². The second-order valence-corrected chi connectivity index (χ2v) is 5.10. The number of aromatic nitrogens is 4. The average Bonchev–Trinajstić information content (AvgIpc) is 2.99. The number of rotatable bonds is 4. The molecule has 0 atom stereocenters. The van der Waals surface area contributed by atoms with Crippen molar-refractivity contribution in [3.05, 3.63) is 59.3 Å². The molecule has 0 saturated heterocycles. The van der Waals surface area contributed by atoms with Gasteiger partial charge in [0, 0.05) is 24.9 Å². The zero-order valence-corrected chi connectivity index (χ0v) is 12.8. The number of anilines is 2. The van der Waals surface area contributed by atoms with E-state index in [2.05, 4.69) is 20.4 Å². The molecule has 0 aliphatic rings. The summed E-state index contributed by atoms with van der Waals surface area (Å²) in [5, 5.41) is 7.30. The van der Waals surface area contributed by atoms with Crippen LogP contribution in [0.15, 0.2) is 42.6 Å². The number of nitrogens with zero attached hydrogens (tertiary/aromatic N) is 4. The largest absolute Gasteiger partial charge is 0.340 e. The first-order valence-electron chi connectivity index (χ1n) is 6.65. The first-order chi connectivity index (χ1) is 11.0. The van der Waals surface area contributed by atoms with Gasteiger partial charge in [-0.15, -0.1) is 0 Å². The van der Waals surface area contributed by atoms with Crippen LogP contribution in [0, 0.1) is 5.82 Å². The van der Waals surface area contributed by atoms with Crippen LogP contribution in [0.5, 0.6) is 0 Å². The molecular formula is C15H11ClFN5O. The third-order valence-corrected chi connectivity index (χ3v) is 3.15. The van der Waals surface area contributed by atoms with Gasteiger partial charge in [-0.25, -0.2) is 9.07 Å². The highest BCUT2D eigenvalue weighted by molar-refractivity contribution is 6.29. The lowest BCUT2D eigenvalue weighted by Crippen LogP contribution is -2.06. The van der Waals surface area contributed by atoms with Gasteiger partial charge in [0.15, 0.2) is 5.78 Å². The summed E-state index contributed by atoms with van der Waals surface area (Å²) in [4.78, 5) is 19.7. The molecule has 0 saturated carbocycles. The molecule has 23 heavy (non-hydrogen) atoms. The van der Waals surface area contributed by atoms with Crippen molar-refractivity contribution in [2.24, 2.45) is 0 Å². The number of benzene rings is 1. The predicted molar refractivity (Wildman–Crippen MR) is 83.9 cm³/mol. The van der Waals surface area contributed by atoms with Crippen molar-refractivity contribution in [3.63, 3.8) is 0 Å². The molecule has 2 heterocycles. The maximum atomic E-state index is 12.9. The number of hydrogen-bond donors (Lipinski definition) is 1. The number of halogens is 2. The van der Waals surface area contributed by atoms with Crippen molar-refractivity contribution in [1.82, 2.24) is 19.7 Å². The number of nitrogens with one attached hydrogen (secondary N) is 1. The maximum absolute atomic E-state index is 12.9. The van der Waals surface area contributed by atoms with E-state index in [-0.39, 0.29) is 22.7 Å². The molecule has 0 unspecified atom stereocenters. The SMILES string of the molecule is CC(=O)c1ccn(-c2nc(Cl)cc(Nc3ccc(F)cc3)n2)n1. The molecule has 0 bridgehead atoms. The molecule has 0 radical (unpaired) electrons. The summed E-state index contributed by atoms with van der Waals surface area (Å²) in [5.74, 6) is 0.154. The lowest BCUT2D eigenvalue weighted by atomic mass is 10.3. The smallest absolute Gasteiger partial charge is 0.253 e. The summed E-state index contributed by atoms with van der Waals surface area (Å²) >= 11 is 6.00. The normalized spacial score (nSPS) is 10.6. The van der Waals surface area contributed by atoms with Crippen LogP contribution in [0.1, 0.15) is 17.4 Å². The Balaban J connectivity index is 1.92. The van der Waals surface area contributed by atoms with Gasteiger partial charge in [-0.2, -0.15) is 15.1 Å². The maximum Gasteiger partial charge on any atom is 0.253 e. The zero-order chi connectivity index (χ0) is 16.4. The Hall–Kier alpha value is -2.80. The van der Waals surface area contributed by atoms with Crippen molar-refractivity contribution in [2.75, 3.05) is 5.32 Å². The fourth-order valence-corrected chi connectivity index (χ4v) is 2.06. The van der Waals surface area contributed by atoms with E-state index < -0.39 is 0 Å². The highest BCUT2D eigenvalue weighted by Crippen LogP contribution is 2.19. The van der Waals surface area contributed by atoms with Crippen LogP contribution in [0.2, 0.25) is 5.15 Å². The Bertz CT molecular complexity index is 863. The number of Topliss-reactive ketones (excluding diaryl/α,β-unsaturated/α-hetero) is 1. The molecular weight excluding hydrogens is 321 g/mol. The molecule has 0 spiro atoms. The van der Waals surface area contributed by atoms with E-state index in [9.17, 15) is 9.18 Å². The molecule has 0 amide bonds. The molecule has 1 N–H and O–H groups in total. The van der Waals surface area contributed by atoms with Crippen molar-refractivity contribution < 1.29 is 9.18 Å². The molecule has 0 aliphatic heterocycles. The quantitative estimate of drug-likeness (QED) is 0.586. The van der Waals surface area contributed by atoms with Gasteiger partial charge in [0.25, 0.3) is 5.95 Å². The lowest BCUT2D eigenvalue weighted by molar-refractivity contribution is 0.101. The van der Waals surface area contributed by atoms with E-state index >= 15 is 0 Å². The third kappa shape index (κ3) is 3.51. The minimum absolute atomic E-state index is 0.157. The summed E-state index contributed by atoms with van der Waals surface area (Å²) in [6.45, 7) is 1.42. The Morgan fingerprint density at radius 2 is 1.96 bits per heavy atom. The van der Waals surface area contributed by atoms with E-state index in [1.54, 1.807) is 24.4 Å². The highest BCUT2D eigenvalue weighted by Gasteiger charge is 2.10. The third-order valence-electron chi connectivity index (χ3n) is 2.95. The standard InChI is InChI=1S/C15H11ClFN5O/c1-9(23)12-6-7-22(21-12)15-19-13(16)8-14(20-15)18-11-4-2-10(17)3-5-11/h2-8H,1H3,(H,18,19,20). The van der Waals surface area contributed by atoms with Gasteiger partial charge in [-0.1, -0.05) is 11.6 Å². The Kier molecular flexibility index (Phi) is 4.03. The first-order valence-corrected chi connectivity index (χ1v) is 7.03. The molecule has 3 rings (SSSR count). The molecule has 0 fully saturated rings. The van der Waals surface area contributed by atoms with Gasteiger partial charge in [0.05, 0.1) is 0 Å². The van der Waals surface area contributed by atoms with E-state index in [0.717, 1.165) is 0 Å². The number of carbonyl (C=O) groups excluding carboxylic acids is 1. The van der Waals surface area contributed by atoms with Crippen molar-refractivity contribution in [1.29, 1.82) is 0 Å². The molecule has 0 aliphatic carbocycles. The number of hydrogen-bond acceptors (Lipinski definition) is 5. The Labute approximate surface area is 136 Å². The minimum Gasteiger partial charge on any atom is -0.340 e. The van der Waals surface area contributed by atoms with Crippen LogP contribution in [0.4, 0.5) is 15.9 Å². The van der Waals surface area contributed by atoms with Crippen LogP contribution in [0.25, 0.3) is 5.95 Å². The van der Waals surface area contributed by atoms with Crippen molar-refractivity contribution in [3.8, 4) is 5.95 Å². The molecule has 2 aromatic heterocycles. The summed E-state index contributed by atoms with van der Waals surface area (Å²) in [5.41, 5.74) is 0.957. The second-order valence-electron chi connectivity index (χ2n) is 4.71. The fourth-order valence-electron chi connectivity index (χ4n) is 1.88. The Morgan fingerprint density at radius 1 is 1.22 bits per heavy atom. The molecule has 3 aromatic rings. The van der Waals surface area contributed by atoms with E-state index in [1.165, 1.54) is 29.8 Å². The van der Waals surface area contributed by atoms with Gasteiger partial charge < -0.3 is 5.32 Å². The van der Waals surface area contributed by atoms with E-state index in [0.29, 0.717) is 17.2 Å². The lowest BCUT2D eigenvalue weighted by Gasteiger charge is -2.07. The monoisotopic (exact) mass is 331 g/mol. The molecule has 8 heteroatoms. The molecule has 1 aromatic carbocycles. The summed E-state index contributed by atoms with van der Waals surface area (Å²) < 4.78 is 14.3. The summed E-state index contributed by atoms with van der Waals surface area (Å²) in [6, 6.07) is 8.92. The minimum atomic E-state index is -0.328. The first kappa shape index (κ1) is 15.1. The highest BCUT2D eigenvalue weighted by atomic mass is 35.5. The van der Waals surface area contributed by atoms with Crippen LogP contribution in [0.3, 0.4) is 0 Å². The Morgan fingerprint density at radius 3 is 2.61 bits per heavy atom. The van der Waals surface area contributed by atoms with Crippen LogP contribution >= 0.6 is 11.6 Å². The average molecular weight is 332 g/mol. The molecule has 6 nitrogen and oxygen atoms in total. The van der Waals surface area contributed by atoms with Crippen molar-refractivity contribution in [2.45, 2.75) is 6.92 Å². The van der Waals surface area contributed by atoms with E-state index in [4.69, 9.17) is 11.6 Å². The van der Waals surface area contributed by atoms with Gasteiger partial charge in [-0.05, 0) is 30.3 Å². The summed E-state index contributed by atoms with van der Waals surface area (Å²) in [7, 11) is 0. The fraction of sp³-hybridized carbons (Fsp3) is 0.0667. The summed E-state index contributed by atoms with van der Waals surface area (Å²) in [6.07, 6.45) is 1.57. The number of carbonyl (C=O) groups is 1. The van der Waals surface area contributed by atoms with Gasteiger partial charge in [0.1, 0.15) is 22.5 Å². The number of ketones is 1. The van der Waals surface area contributed by atoms with Crippen LogP contribution < -0.4 is 5.32 Å². The molecule has 116 valence electrons. The van der Waals surface area contributed by atoms with Crippen molar-refractivity contribution >= 4 is 28.9 Å². The van der Waals surface area contributed by atoms with Gasteiger partial charge >= 0.3 is 0 Å². The van der Waals surface area contributed by atoms with E-state index in [1.807, 2.05) is 0 Å². The van der Waals surface area contributed by atoms with Crippen LogP contribution in [-0.4, -0.2) is 25.5 Å². The second kappa shape index (κ2) is 6.13. The predicted octanol–water partition coefficient (Wildman–Crippen LogP) is 3.40. The zero-order valence-electron chi connectivity index (χ0n) is 12.0. The van der Waals surface area contributed by atoms with Gasteiger partial charge in [0.2, 0.25) is 0 Å². The topological polar surface area (TPSA) is 72.7 Å². The van der Waals surface area contributed by atoms with Gasteiger partial charge in [-0.3, -0.25) is 4.79 Å².